The van der Waals surface area contributed by atoms with Gasteiger partial charge in [-0.15, -0.1) is 0 Å². The highest BCUT2D eigenvalue weighted by molar-refractivity contribution is 5.87. The van der Waals surface area contributed by atoms with Crippen LogP contribution in [0.4, 0.5) is 13.2 Å². The van der Waals surface area contributed by atoms with E-state index < -0.39 is 29.6 Å². The van der Waals surface area contributed by atoms with Gasteiger partial charge < -0.3 is 9.84 Å². The highest BCUT2D eigenvalue weighted by Crippen LogP contribution is 2.33. The first kappa shape index (κ1) is 12.9. The fourth-order valence-electron chi connectivity index (χ4n) is 1.84. The Morgan fingerprint density at radius 2 is 2.22 bits per heavy atom. The molecule has 2 heterocycles. The molecule has 1 unspecified atom stereocenters. The van der Waals surface area contributed by atoms with Crippen LogP contribution in [0.25, 0.3) is 0 Å². The third-order valence-electron chi connectivity index (χ3n) is 2.69. The van der Waals surface area contributed by atoms with E-state index in [9.17, 15) is 18.0 Å². The average molecular weight is 264 g/mol. The summed E-state index contributed by atoms with van der Waals surface area (Å²) in [5.41, 5.74) is -2.24. The summed E-state index contributed by atoms with van der Waals surface area (Å²) in [5.74, 6) is -1.70. The maximum Gasteiger partial charge on any atom is 0.420 e. The van der Waals surface area contributed by atoms with E-state index in [2.05, 4.69) is 5.10 Å². The van der Waals surface area contributed by atoms with E-state index in [4.69, 9.17) is 9.84 Å². The van der Waals surface area contributed by atoms with Crippen molar-refractivity contribution in [2.75, 3.05) is 6.61 Å². The van der Waals surface area contributed by atoms with Crippen molar-refractivity contribution in [1.29, 1.82) is 0 Å². The quantitative estimate of drug-likeness (QED) is 0.890. The number of alkyl halides is 3. The van der Waals surface area contributed by atoms with E-state index in [-0.39, 0.29) is 0 Å². The number of carbonyl (C=O) groups is 1. The van der Waals surface area contributed by atoms with Crippen molar-refractivity contribution in [3.63, 3.8) is 0 Å². The number of ether oxygens (including phenoxy) is 1. The molecule has 1 aromatic heterocycles. The fraction of sp³-hybridized carbons (Fsp3) is 0.600. The first-order valence-electron chi connectivity index (χ1n) is 5.41. The number of hydrogen-bond donors (Lipinski definition) is 1. The second kappa shape index (κ2) is 4.60. The van der Waals surface area contributed by atoms with Crippen LogP contribution in [0.2, 0.25) is 0 Å². The molecule has 1 N–H and O–H groups in total. The van der Waals surface area contributed by atoms with Crippen LogP contribution in [-0.4, -0.2) is 27.5 Å². The molecule has 0 bridgehead atoms. The van der Waals surface area contributed by atoms with Gasteiger partial charge in [-0.3, -0.25) is 0 Å². The van der Waals surface area contributed by atoms with E-state index in [0.717, 1.165) is 17.5 Å². The molecule has 100 valence electrons. The molecule has 1 aromatic rings. The molecule has 8 heteroatoms. The minimum absolute atomic E-state index is 0.439. The van der Waals surface area contributed by atoms with Crippen LogP contribution < -0.4 is 0 Å². The lowest BCUT2D eigenvalue weighted by atomic mass is 10.2. The summed E-state index contributed by atoms with van der Waals surface area (Å²) < 4.78 is 44.1. The van der Waals surface area contributed by atoms with Gasteiger partial charge in [0.1, 0.15) is 11.8 Å². The van der Waals surface area contributed by atoms with Crippen molar-refractivity contribution >= 4 is 5.97 Å². The molecule has 1 saturated heterocycles. The third-order valence-corrected chi connectivity index (χ3v) is 2.69. The monoisotopic (exact) mass is 264 g/mol. The Labute approximate surface area is 100 Å². The highest BCUT2D eigenvalue weighted by Gasteiger charge is 2.39. The smallest absolute Gasteiger partial charge is 0.420 e. The molecule has 0 radical (unpaired) electrons. The predicted molar refractivity (Wildman–Crippen MR) is 53.0 cm³/mol. The van der Waals surface area contributed by atoms with E-state index in [1.807, 2.05) is 0 Å². The molecule has 0 amide bonds. The summed E-state index contributed by atoms with van der Waals surface area (Å²) in [6.07, 6.45) is -2.48. The number of carboxylic acids is 1. The molecule has 18 heavy (non-hydrogen) atoms. The van der Waals surface area contributed by atoms with Crippen molar-refractivity contribution in [1.82, 2.24) is 9.78 Å². The molecule has 1 fully saturated rings. The molecule has 0 spiro atoms. The molecule has 5 nitrogen and oxygen atoms in total. The van der Waals surface area contributed by atoms with Gasteiger partial charge in [-0.1, -0.05) is 0 Å². The van der Waals surface area contributed by atoms with Crippen molar-refractivity contribution in [3.8, 4) is 0 Å². The second-order valence-electron chi connectivity index (χ2n) is 4.00. The zero-order valence-corrected chi connectivity index (χ0v) is 9.28. The van der Waals surface area contributed by atoms with Crippen LogP contribution in [0.5, 0.6) is 0 Å². The normalized spacial score (nSPS) is 20.9. The lowest BCUT2D eigenvalue weighted by Gasteiger charge is -2.22. The molecular formula is C10H11F3N2O3. The summed E-state index contributed by atoms with van der Waals surface area (Å²) in [6.45, 7) is 0.439. The van der Waals surface area contributed by atoms with Crippen LogP contribution >= 0.6 is 0 Å². The first-order valence-corrected chi connectivity index (χ1v) is 5.41. The summed E-state index contributed by atoms with van der Waals surface area (Å²) >= 11 is 0. The van der Waals surface area contributed by atoms with Gasteiger partial charge in [-0.2, -0.15) is 18.3 Å². The minimum atomic E-state index is -4.74. The molecule has 1 atom stereocenters. The molecule has 0 saturated carbocycles. The van der Waals surface area contributed by atoms with E-state index in [1.165, 1.54) is 0 Å². The molecule has 2 rings (SSSR count). The number of aromatic nitrogens is 2. The average Bonchev–Trinajstić information content (AvgIpc) is 2.74. The lowest BCUT2D eigenvalue weighted by molar-refractivity contribution is -0.138. The Hall–Kier alpha value is -1.57. The number of aromatic carboxylic acids is 1. The maximum atomic E-state index is 12.6. The zero-order valence-electron chi connectivity index (χ0n) is 9.28. The Bertz CT molecular complexity index is 450. The summed E-state index contributed by atoms with van der Waals surface area (Å²) in [5, 5.41) is 12.2. The van der Waals surface area contributed by atoms with Gasteiger partial charge >= 0.3 is 12.1 Å². The van der Waals surface area contributed by atoms with Crippen LogP contribution in [0.1, 0.15) is 41.5 Å². The number of rotatable bonds is 2. The second-order valence-corrected chi connectivity index (χ2v) is 4.00. The van der Waals surface area contributed by atoms with E-state index >= 15 is 0 Å². The van der Waals surface area contributed by atoms with E-state index in [0.29, 0.717) is 19.2 Å². The minimum Gasteiger partial charge on any atom is -0.476 e. The fourth-order valence-corrected chi connectivity index (χ4v) is 1.84. The summed E-state index contributed by atoms with van der Waals surface area (Å²) in [6, 6.07) is 0. The van der Waals surface area contributed by atoms with Crippen LogP contribution in [0.3, 0.4) is 0 Å². The zero-order chi connectivity index (χ0) is 13.3. The van der Waals surface area contributed by atoms with Crippen molar-refractivity contribution in [2.24, 2.45) is 0 Å². The molecule has 1 aliphatic heterocycles. The number of carboxylic acid groups (broad SMARTS) is 1. The first-order chi connectivity index (χ1) is 8.39. The maximum absolute atomic E-state index is 12.6. The van der Waals surface area contributed by atoms with E-state index in [1.54, 1.807) is 0 Å². The van der Waals surface area contributed by atoms with Crippen molar-refractivity contribution in [2.45, 2.75) is 31.7 Å². The van der Waals surface area contributed by atoms with Gasteiger partial charge in [0.05, 0.1) is 0 Å². The van der Waals surface area contributed by atoms with Crippen LogP contribution in [0.15, 0.2) is 6.20 Å². The number of halogens is 3. The SMILES string of the molecule is O=C(O)c1nn(C2CCCCO2)cc1C(F)(F)F. The third kappa shape index (κ3) is 2.47. The Morgan fingerprint density at radius 3 is 2.67 bits per heavy atom. The largest absolute Gasteiger partial charge is 0.476 e. The van der Waals surface area contributed by atoms with Crippen molar-refractivity contribution in [3.05, 3.63) is 17.5 Å². The Morgan fingerprint density at radius 1 is 1.50 bits per heavy atom. The Kier molecular flexibility index (Phi) is 3.29. The topological polar surface area (TPSA) is 64.3 Å². The van der Waals surface area contributed by atoms with Gasteiger partial charge in [0.25, 0.3) is 0 Å². The number of hydrogen-bond acceptors (Lipinski definition) is 3. The predicted octanol–water partition coefficient (Wildman–Crippen LogP) is 2.30. The Balaban J connectivity index is 2.35. The van der Waals surface area contributed by atoms with Gasteiger partial charge in [0.2, 0.25) is 0 Å². The van der Waals surface area contributed by atoms with Crippen LogP contribution in [0, 0.1) is 0 Å². The van der Waals surface area contributed by atoms with Gasteiger partial charge in [0, 0.05) is 12.8 Å². The standard InChI is InChI=1S/C10H11F3N2O3/c11-10(12,13)6-5-15(14-8(6)9(16)17)7-3-1-2-4-18-7/h5,7H,1-4H2,(H,16,17). The number of nitrogens with zero attached hydrogens (tertiary/aromatic N) is 2. The molecule has 0 aromatic carbocycles. The highest BCUT2D eigenvalue weighted by atomic mass is 19.4. The van der Waals surface area contributed by atoms with Gasteiger partial charge in [-0.05, 0) is 19.3 Å². The van der Waals surface area contributed by atoms with Crippen molar-refractivity contribution < 1.29 is 27.8 Å². The summed E-state index contributed by atoms with van der Waals surface area (Å²) in [4.78, 5) is 10.7. The lowest BCUT2D eigenvalue weighted by Crippen LogP contribution is -2.19. The van der Waals surface area contributed by atoms with Gasteiger partial charge in [0.15, 0.2) is 5.69 Å². The molecule has 0 aliphatic carbocycles. The van der Waals surface area contributed by atoms with Crippen LogP contribution in [-0.2, 0) is 10.9 Å². The summed E-state index contributed by atoms with van der Waals surface area (Å²) in [7, 11) is 0. The molecular weight excluding hydrogens is 253 g/mol. The molecule has 1 aliphatic rings. The van der Waals surface area contributed by atoms with Gasteiger partial charge in [-0.25, -0.2) is 9.48 Å².